The minimum Gasteiger partial charge on any atom is -1.00 e. The predicted octanol–water partition coefficient (Wildman–Crippen LogP) is 0.236. The van der Waals surface area contributed by atoms with Gasteiger partial charge in [-0.25, -0.2) is 0 Å². The fraction of sp³-hybridized carbons (Fsp3) is 0.375. The second-order valence-corrected chi connectivity index (χ2v) is 5.23. The van der Waals surface area contributed by atoms with Crippen molar-refractivity contribution in [3.05, 3.63) is 41.4 Å². The van der Waals surface area contributed by atoms with Crippen LogP contribution in [-0.2, 0) is 0 Å². The molecule has 3 nitrogen and oxygen atoms in total. The first kappa shape index (κ1) is 18.1. The molecule has 0 aliphatic heterocycles. The highest BCUT2D eigenvalue weighted by Crippen LogP contribution is 2.32. The van der Waals surface area contributed by atoms with Crippen LogP contribution in [0, 0.1) is 0 Å². The van der Waals surface area contributed by atoms with Crippen molar-refractivity contribution in [3.63, 3.8) is 0 Å². The van der Waals surface area contributed by atoms with Crippen molar-refractivity contribution in [1.29, 1.82) is 0 Å². The second kappa shape index (κ2) is 9.11. The Morgan fingerprint density at radius 1 is 1.24 bits per heavy atom. The average molecular weight is 329 g/mol. The summed E-state index contributed by atoms with van der Waals surface area (Å²) >= 11 is 6.35. The molecular weight excluding hydrogens is 309 g/mol. The first-order chi connectivity index (χ1) is 9.68. The molecule has 2 aromatic carbocycles. The molecule has 5 heteroatoms. The van der Waals surface area contributed by atoms with Crippen LogP contribution in [0.15, 0.2) is 36.4 Å². The molecule has 116 valence electrons. The van der Waals surface area contributed by atoms with Gasteiger partial charge in [-0.2, -0.15) is 0 Å². The van der Waals surface area contributed by atoms with Gasteiger partial charge in [0.15, 0.2) is 0 Å². The molecule has 21 heavy (non-hydrogen) atoms. The summed E-state index contributed by atoms with van der Waals surface area (Å²) in [5.74, 6) is 0.723. The van der Waals surface area contributed by atoms with Crippen molar-refractivity contribution in [2.24, 2.45) is 0 Å². The number of aliphatic hydroxyl groups is 1. The molecule has 0 fully saturated rings. The quantitative estimate of drug-likeness (QED) is 0.715. The van der Waals surface area contributed by atoms with Crippen LogP contribution in [0.4, 0.5) is 0 Å². The monoisotopic (exact) mass is 328 g/mol. The zero-order valence-corrected chi connectivity index (χ0v) is 13.5. The molecule has 1 atom stereocenters. The van der Waals surface area contributed by atoms with Crippen molar-refractivity contribution in [2.75, 3.05) is 19.7 Å². The lowest BCUT2D eigenvalue weighted by Gasteiger charge is -2.11. The third-order valence-electron chi connectivity index (χ3n) is 3.02. The lowest BCUT2D eigenvalue weighted by Crippen LogP contribution is -3.00. The Kier molecular flexibility index (Phi) is 7.83. The van der Waals surface area contributed by atoms with E-state index in [-0.39, 0.29) is 18.5 Å². The Balaban J connectivity index is 0.00000220. The maximum absolute atomic E-state index is 9.11. The van der Waals surface area contributed by atoms with E-state index >= 15 is 0 Å². The lowest BCUT2D eigenvalue weighted by atomic mass is 10.1. The van der Waals surface area contributed by atoms with E-state index in [1.54, 1.807) is 6.92 Å². The van der Waals surface area contributed by atoms with E-state index in [1.807, 2.05) is 36.4 Å². The highest BCUT2D eigenvalue weighted by Gasteiger charge is 2.05. The number of rotatable bonds is 7. The number of aliphatic hydroxyl groups excluding tert-OH is 1. The summed E-state index contributed by atoms with van der Waals surface area (Å²) in [4.78, 5) is 0. The summed E-state index contributed by atoms with van der Waals surface area (Å²) < 4.78 is 5.72. The van der Waals surface area contributed by atoms with Crippen molar-refractivity contribution >= 4 is 22.4 Å². The average Bonchev–Trinajstić information content (AvgIpc) is 2.45. The Morgan fingerprint density at radius 2 is 2.00 bits per heavy atom. The van der Waals surface area contributed by atoms with E-state index < -0.39 is 0 Å². The van der Waals surface area contributed by atoms with Crippen LogP contribution in [0.2, 0.25) is 5.02 Å². The van der Waals surface area contributed by atoms with Crippen molar-refractivity contribution in [2.45, 2.75) is 19.4 Å². The van der Waals surface area contributed by atoms with Gasteiger partial charge in [-0.15, -0.1) is 0 Å². The minimum absolute atomic E-state index is 0. The molecule has 2 aromatic rings. The van der Waals surface area contributed by atoms with Gasteiger partial charge in [0.05, 0.1) is 17.7 Å². The molecule has 0 saturated carbocycles. The molecule has 0 aromatic heterocycles. The fourth-order valence-electron chi connectivity index (χ4n) is 2.02. The molecule has 0 radical (unpaired) electrons. The smallest absolute Gasteiger partial charge is 0.138 e. The summed E-state index contributed by atoms with van der Waals surface area (Å²) in [5, 5.41) is 15.1. The van der Waals surface area contributed by atoms with Crippen LogP contribution in [0.5, 0.6) is 5.75 Å². The highest BCUT2D eigenvalue weighted by atomic mass is 35.5. The molecule has 0 aliphatic rings. The van der Waals surface area contributed by atoms with Gasteiger partial charge < -0.3 is 27.6 Å². The molecule has 0 amide bonds. The van der Waals surface area contributed by atoms with Crippen molar-refractivity contribution in [3.8, 4) is 5.75 Å². The minimum atomic E-state index is -0.314. The number of nitrogens with one attached hydrogen (secondary N) is 1. The normalized spacial score (nSPS) is 12.0. The van der Waals surface area contributed by atoms with Crippen LogP contribution in [0.25, 0.3) is 10.8 Å². The first-order valence-electron chi connectivity index (χ1n) is 6.87. The first-order valence-corrected chi connectivity index (χ1v) is 7.25. The van der Waals surface area contributed by atoms with Gasteiger partial charge in [0.1, 0.15) is 5.75 Å². The summed E-state index contributed by atoms with van der Waals surface area (Å²) in [6, 6.07) is 11.9. The van der Waals surface area contributed by atoms with Crippen LogP contribution in [-0.4, -0.2) is 30.9 Å². The number of hydrogen-bond donors (Lipinski definition) is 2. The number of hydrogen-bond acceptors (Lipinski definition) is 3. The summed E-state index contributed by atoms with van der Waals surface area (Å²) in [5.41, 5.74) is 0. The predicted molar refractivity (Wildman–Crippen MR) is 83.6 cm³/mol. The largest absolute Gasteiger partial charge is 1.00 e. The molecule has 0 bridgehead atoms. The number of benzene rings is 2. The van der Waals surface area contributed by atoms with Crippen LogP contribution in [0.3, 0.4) is 0 Å². The molecule has 0 spiro atoms. The zero-order chi connectivity index (χ0) is 14.4. The Labute approximate surface area is 136 Å². The van der Waals surface area contributed by atoms with Crippen LogP contribution < -0.4 is 22.5 Å². The van der Waals surface area contributed by atoms with Gasteiger partial charge in [-0.1, -0.05) is 41.9 Å². The van der Waals surface area contributed by atoms with Gasteiger partial charge in [0.2, 0.25) is 0 Å². The summed E-state index contributed by atoms with van der Waals surface area (Å²) in [7, 11) is 0. The van der Waals surface area contributed by atoms with Gasteiger partial charge in [0.25, 0.3) is 0 Å². The topological polar surface area (TPSA) is 41.5 Å². The number of ether oxygens (including phenoxy) is 1. The molecule has 1 unspecified atom stereocenters. The lowest BCUT2D eigenvalue weighted by molar-refractivity contribution is -0.00000655. The van der Waals surface area contributed by atoms with Crippen LogP contribution in [0.1, 0.15) is 13.3 Å². The maximum Gasteiger partial charge on any atom is 0.138 e. The standard InChI is InChI=1S/C16H20ClNO2.ClH/c1-12(19)11-18-9-4-10-20-15-8-7-13-5-2-3-6-14(13)16(15)17;/h2-3,5-8,12,18-19H,4,9-11H2,1H3;1H/p-1. The van der Waals surface area contributed by atoms with Crippen LogP contribution >= 0.6 is 11.6 Å². The van der Waals surface area contributed by atoms with Gasteiger partial charge in [-0.05, 0) is 31.3 Å². The Morgan fingerprint density at radius 3 is 2.76 bits per heavy atom. The third-order valence-corrected chi connectivity index (χ3v) is 3.41. The molecule has 0 heterocycles. The molecule has 2 rings (SSSR count). The van der Waals surface area contributed by atoms with E-state index in [1.165, 1.54) is 0 Å². The van der Waals surface area contributed by atoms with E-state index in [4.69, 9.17) is 21.4 Å². The summed E-state index contributed by atoms with van der Waals surface area (Å²) in [6.45, 7) is 3.79. The molecule has 0 saturated heterocycles. The van der Waals surface area contributed by atoms with Crippen molar-refractivity contribution < 1.29 is 22.3 Å². The van der Waals surface area contributed by atoms with E-state index in [0.717, 1.165) is 29.5 Å². The molecule has 0 aliphatic carbocycles. The molecule has 2 N–H and O–H groups in total. The third kappa shape index (κ3) is 5.36. The SMILES string of the molecule is CC(O)CNCCCOc1ccc2ccccc2c1Cl.[Cl-]. The number of halogens is 2. The highest BCUT2D eigenvalue weighted by molar-refractivity contribution is 6.37. The van der Waals surface area contributed by atoms with Gasteiger partial charge in [0, 0.05) is 11.9 Å². The van der Waals surface area contributed by atoms with E-state index in [2.05, 4.69) is 5.32 Å². The Bertz CT molecular complexity index is 561. The fourth-order valence-corrected chi connectivity index (χ4v) is 2.30. The van der Waals surface area contributed by atoms with Crippen molar-refractivity contribution in [1.82, 2.24) is 5.32 Å². The maximum atomic E-state index is 9.11. The van der Waals surface area contributed by atoms with E-state index in [0.29, 0.717) is 18.2 Å². The van der Waals surface area contributed by atoms with Gasteiger partial charge >= 0.3 is 0 Å². The Hall–Kier alpha value is -1.000. The van der Waals surface area contributed by atoms with Gasteiger partial charge in [-0.3, -0.25) is 0 Å². The zero-order valence-electron chi connectivity index (χ0n) is 12.0. The summed E-state index contributed by atoms with van der Waals surface area (Å²) in [6.07, 6.45) is 0.557. The second-order valence-electron chi connectivity index (χ2n) is 4.85. The molecular formula is C16H20Cl2NO2-. The van der Waals surface area contributed by atoms with E-state index in [9.17, 15) is 0 Å². The number of fused-ring (bicyclic) bond motifs is 1.